The van der Waals surface area contributed by atoms with Crippen molar-refractivity contribution in [1.82, 2.24) is 9.80 Å². The molecule has 1 aromatic carbocycles. The Morgan fingerprint density at radius 3 is 2.21 bits per heavy atom. The number of nitrogens with zero attached hydrogens (tertiary/aromatic N) is 2. The van der Waals surface area contributed by atoms with Crippen LogP contribution in [0.3, 0.4) is 0 Å². The van der Waals surface area contributed by atoms with Crippen molar-refractivity contribution in [2.24, 2.45) is 0 Å². The Labute approximate surface area is 144 Å². The first-order valence-electron chi connectivity index (χ1n) is 8.52. The maximum absolute atomic E-state index is 12.7. The number of amides is 2. The molecule has 0 saturated carbocycles. The second-order valence-corrected chi connectivity index (χ2v) is 7.41. The highest BCUT2D eigenvalue weighted by Crippen LogP contribution is 2.15. The van der Waals surface area contributed by atoms with Gasteiger partial charge in [0.1, 0.15) is 5.60 Å². The van der Waals surface area contributed by atoms with Crippen LogP contribution in [-0.2, 0) is 4.74 Å². The molecule has 1 aliphatic rings. The molecular weight excluding hydrogens is 304 g/mol. The molecule has 0 atom stereocenters. The highest BCUT2D eigenvalue weighted by molar-refractivity contribution is 5.94. The summed E-state index contributed by atoms with van der Waals surface area (Å²) in [6.45, 7) is 11.9. The standard InChI is InChI=1S/C19H28N2O3/c1-14-7-8-16(13-15(14)2)17(22)20-9-6-10-21(12-11-20)18(23)24-19(3,4)5/h7-8,13H,6,9-12H2,1-5H3. The maximum Gasteiger partial charge on any atom is 0.410 e. The zero-order chi connectivity index (χ0) is 17.9. The first kappa shape index (κ1) is 18.3. The molecule has 1 heterocycles. The van der Waals surface area contributed by atoms with Crippen LogP contribution in [0.4, 0.5) is 4.79 Å². The number of carbonyl (C=O) groups excluding carboxylic acids is 2. The number of benzene rings is 1. The fourth-order valence-corrected chi connectivity index (χ4v) is 2.69. The molecule has 0 unspecified atom stereocenters. The first-order valence-corrected chi connectivity index (χ1v) is 8.52. The molecule has 0 aromatic heterocycles. The lowest BCUT2D eigenvalue weighted by Crippen LogP contribution is -2.40. The summed E-state index contributed by atoms with van der Waals surface area (Å²) in [5.41, 5.74) is 2.51. The van der Waals surface area contributed by atoms with Crippen molar-refractivity contribution in [1.29, 1.82) is 0 Å². The van der Waals surface area contributed by atoms with Crippen molar-refractivity contribution in [3.05, 3.63) is 34.9 Å². The third-order valence-corrected chi connectivity index (χ3v) is 4.19. The van der Waals surface area contributed by atoms with Crippen molar-refractivity contribution in [2.45, 2.75) is 46.6 Å². The van der Waals surface area contributed by atoms with Crippen LogP contribution in [0.15, 0.2) is 18.2 Å². The minimum absolute atomic E-state index is 0.0316. The van der Waals surface area contributed by atoms with Crippen molar-refractivity contribution in [3.8, 4) is 0 Å². The van der Waals surface area contributed by atoms with Gasteiger partial charge in [0.25, 0.3) is 5.91 Å². The number of carbonyl (C=O) groups is 2. The minimum Gasteiger partial charge on any atom is -0.444 e. The van der Waals surface area contributed by atoms with Gasteiger partial charge in [-0.1, -0.05) is 6.07 Å². The van der Waals surface area contributed by atoms with Crippen LogP contribution in [0.25, 0.3) is 0 Å². The molecule has 0 aliphatic carbocycles. The van der Waals surface area contributed by atoms with Gasteiger partial charge in [-0.25, -0.2) is 4.79 Å². The van der Waals surface area contributed by atoms with Gasteiger partial charge in [-0.15, -0.1) is 0 Å². The summed E-state index contributed by atoms with van der Waals surface area (Å²) in [6.07, 6.45) is 0.457. The number of hydrogen-bond donors (Lipinski definition) is 0. The summed E-state index contributed by atoms with van der Waals surface area (Å²) in [4.78, 5) is 28.4. The highest BCUT2D eigenvalue weighted by atomic mass is 16.6. The molecule has 5 nitrogen and oxygen atoms in total. The second-order valence-electron chi connectivity index (χ2n) is 7.41. The molecule has 0 spiro atoms. The van der Waals surface area contributed by atoms with E-state index in [0.717, 1.165) is 12.0 Å². The van der Waals surface area contributed by atoms with Crippen LogP contribution in [0.2, 0.25) is 0 Å². The number of aryl methyl sites for hydroxylation is 2. The van der Waals surface area contributed by atoms with Crippen LogP contribution < -0.4 is 0 Å². The molecule has 132 valence electrons. The Balaban J connectivity index is 2.01. The van der Waals surface area contributed by atoms with E-state index in [1.807, 2.05) is 57.7 Å². The highest BCUT2D eigenvalue weighted by Gasteiger charge is 2.26. The quantitative estimate of drug-likeness (QED) is 0.792. The van der Waals surface area contributed by atoms with Crippen molar-refractivity contribution >= 4 is 12.0 Å². The average molecular weight is 332 g/mol. The molecule has 1 aliphatic heterocycles. The zero-order valence-electron chi connectivity index (χ0n) is 15.4. The van der Waals surface area contributed by atoms with E-state index in [-0.39, 0.29) is 12.0 Å². The summed E-state index contributed by atoms with van der Waals surface area (Å²) < 4.78 is 5.43. The maximum atomic E-state index is 12.7. The van der Waals surface area contributed by atoms with Crippen molar-refractivity contribution < 1.29 is 14.3 Å². The Morgan fingerprint density at radius 1 is 0.958 bits per heavy atom. The van der Waals surface area contributed by atoms with E-state index >= 15 is 0 Å². The number of hydrogen-bond acceptors (Lipinski definition) is 3. The average Bonchev–Trinajstić information content (AvgIpc) is 2.73. The molecular formula is C19H28N2O3. The van der Waals surface area contributed by atoms with Gasteiger partial charge in [0.05, 0.1) is 0 Å². The lowest BCUT2D eigenvalue weighted by molar-refractivity contribution is 0.0255. The van der Waals surface area contributed by atoms with E-state index in [2.05, 4.69) is 0 Å². The molecule has 1 aromatic rings. The van der Waals surface area contributed by atoms with E-state index in [0.29, 0.717) is 31.7 Å². The minimum atomic E-state index is -0.502. The number of rotatable bonds is 1. The van der Waals surface area contributed by atoms with Crippen LogP contribution in [0.1, 0.15) is 48.7 Å². The summed E-state index contributed by atoms with van der Waals surface area (Å²) >= 11 is 0. The van der Waals surface area contributed by atoms with Gasteiger partial charge in [0.2, 0.25) is 0 Å². The van der Waals surface area contributed by atoms with Gasteiger partial charge in [-0.3, -0.25) is 4.79 Å². The molecule has 2 amide bonds. The largest absolute Gasteiger partial charge is 0.444 e. The Bertz CT molecular complexity index is 620. The molecule has 0 N–H and O–H groups in total. The summed E-state index contributed by atoms with van der Waals surface area (Å²) in [6, 6.07) is 5.79. The summed E-state index contributed by atoms with van der Waals surface area (Å²) in [5.74, 6) is 0.0316. The molecule has 2 rings (SSSR count). The van der Waals surface area contributed by atoms with E-state index in [9.17, 15) is 9.59 Å². The van der Waals surface area contributed by atoms with Crippen LogP contribution >= 0.6 is 0 Å². The van der Waals surface area contributed by atoms with Gasteiger partial charge in [0, 0.05) is 31.7 Å². The lowest BCUT2D eigenvalue weighted by atomic mass is 10.1. The van der Waals surface area contributed by atoms with E-state index in [1.54, 1.807) is 4.90 Å². The monoisotopic (exact) mass is 332 g/mol. The van der Waals surface area contributed by atoms with Gasteiger partial charge in [-0.2, -0.15) is 0 Å². The smallest absolute Gasteiger partial charge is 0.410 e. The SMILES string of the molecule is Cc1ccc(C(=O)N2CCCN(C(=O)OC(C)(C)C)CC2)cc1C. The third-order valence-electron chi connectivity index (χ3n) is 4.19. The lowest BCUT2D eigenvalue weighted by Gasteiger charge is -2.26. The predicted octanol–water partition coefficient (Wildman–Crippen LogP) is 3.39. The number of ether oxygens (including phenoxy) is 1. The zero-order valence-corrected chi connectivity index (χ0v) is 15.4. The Morgan fingerprint density at radius 2 is 1.58 bits per heavy atom. The second kappa shape index (κ2) is 7.24. The molecule has 5 heteroatoms. The topological polar surface area (TPSA) is 49.9 Å². The van der Waals surface area contributed by atoms with E-state index in [4.69, 9.17) is 4.74 Å². The van der Waals surface area contributed by atoms with Gasteiger partial charge < -0.3 is 14.5 Å². The molecule has 1 saturated heterocycles. The van der Waals surface area contributed by atoms with Crippen molar-refractivity contribution in [3.63, 3.8) is 0 Å². The van der Waals surface area contributed by atoms with E-state index < -0.39 is 5.60 Å². The fraction of sp³-hybridized carbons (Fsp3) is 0.579. The normalized spacial score (nSPS) is 15.9. The van der Waals surface area contributed by atoms with Crippen LogP contribution in [-0.4, -0.2) is 53.6 Å². The summed E-state index contributed by atoms with van der Waals surface area (Å²) in [5, 5.41) is 0. The van der Waals surface area contributed by atoms with Crippen LogP contribution in [0.5, 0.6) is 0 Å². The molecule has 1 fully saturated rings. The molecule has 24 heavy (non-hydrogen) atoms. The first-order chi connectivity index (χ1) is 11.2. The predicted molar refractivity (Wildman–Crippen MR) is 94.2 cm³/mol. The van der Waals surface area contributed by atoms with Crippen LogP contribution in [0, 0.1) is 13.8 Å². The van der Waals surface area contributed by atoms with Gasteiger partial charge in [0.15, 0.2) is 0 Å². The molecule has 0 radical (unpaired) electrons. The van der Waals surface area contributed by atoms with Gasteiger partial charge in [-0.05, 0) is 64.3 Å². The summed E-state index contributed by atoms with van der Waals surface area (Å²) in [7, 11) is 0. The van der Waals surface area contributed by atoms with E-state index in [1.165, 1.54) is 5.56 Å². The van der Waals surface area contributed by atoms with Crippen molar-refractivity contribution in [2.75, 3.05) is 26.2 Å². The van der Waals surface area contributed by atoms with Gasteiger partial charge >= 0.3 is 6.09 Å². The third kappa shape index (κ3) is 4.73. The Kier molecular flexibility index (Phi) is 5.52. The Hall–Kier alpha value is -2.04. The fourth-order valence-electron chi connectivity index (χ4n) is 2.69. The molecule has 0 bridgehead atoms.